The molecule has 2 aromatic rings. The van der Waals surface area contributed by atoms with Gasteiger partial charge in [-0.1, -0.05) is 27.5 Å². The molecule has 18 heavy (non-hydrogen) atoms. The molecule has 5 heteroatoms. The normalized spacial score (nSPS) is 12.5. The van der Waals surface area contributed by atoms with Crippen molar-refractivity contribution < 1.29 is 13.2 Å². The van der Waals surface area contributed by atoms with E-state index in [9.17, 15) is 13.2 Å². The second-order valence-corrected chi connectivity index (χ2v) is 5.05. The van der Waals surface area contributed by atoms with Crippen LogP contribution in [0.3, 0.4) is 0 Å². The molecule has 2 aromatic carbocycles. The Morgan fingerprint density at radius 2 is 1.44 bits per heavy atom. The van der Waals surface area contributed by atoms with Crippen LogP contribution in [-0.2, 0) is 0 Å². The van der Waals surface area contributed by atoms with E-state index >= 15 is 0 Å². The van der Waals surface area contributed by atoms with E-state index in [0.29, 0.717) is 5.02 Å². The Bertz CT molecular complexity index is 535. The third kappa shape index (κ3) is 2.70. The maximum Gasteiger partial charge on any atom is 0.128 e. The second-order valence-electron chi connectivity index (χ2n) is 3.69. The molecule has 2 rings (SSSR count). The Hall–Kier alpha value is -1.00. The summed E-state index contributed by atoms with van der Waals surface area (Å²) >= 11 is 8.92. The van der Waals surface area contributed by atoms with E-state index in [-0.39, 0.29) is 11.1 Å². The van der Waals surface area contributed by atoms with Gasteiger partial charge in [0.2, 0.25) is 0 Å². The SMILES string of the molecule is Fc1ccc(F)c(C(Br)c2cc(Cl)ccc2F)c1. The minimum absolute atomic E-state index is 0.0242. The molecule has 0 saturated carbocycles. The first-order valence-electron chi connectivity index (χ1n) is 5.03. The molecular formula is C13H7BrClF3. The van der Waals surface area contributed by atoms with Gasteiger partial charge in [-0.2, -0.15) is 0 Å². The topological polar surface area (TPSA) is 0 Å². The Labute approximate surface area is 116 Å². The van der Waals surface area contributed by atoms with Crippen LogP contribution in [-0.4, -0.2) is 0 Å². The molecule has 0 radical (unpaired) electrons. The molecule has 0 nitrogen and oxygen atoms in total. The molecule has 94 valence electrons. The van der Waals surface area contributed by atoms with Crippen molar-refractivity contribution in [2.24, 2.45) is 0 Å². The number of benzene rings is 2. The fourth-order valence-electron chi connectivity index (χ4n) is 1.59. The van der Waals surface area contributed by atoms with Crippen LogP contribution in [0.2, 0.25) is 5.02 Å². The lowest BCUT2D eigenvalue weighted by Crippen LogP contribution is -2.00. The van der Waals surface area contributed by atoms with Crippen LogP contribution in [0.25, 0.3) is 0 Å². The fourth-order valence-corrected chi connectivity index (χ4v) is 2.47. The van der Waals surface area contributed by atoms with Crippen LogP contribution in [0, 0.1) is 17.5 Å². The molecule has 0 aliphatic rings. The number of alkyl halides is 1. The van der Waals surface area contributed by atoms with E-state index in [4.69, 9.17) is 11.6 Å². The minimum atomic E-state index is -0.799. The van der Waals surface area contributed by atoms with Crippen molar-refractivity contribution in [2.75, 3.05) is 0 Å². The molecule has 0 aliphatic carbocycles. The van der Waals surface area contributed by atoms with E-state index in [2.05, 4.69) is 15.9 Å². The van der Waals surface area contributed by atoms with Gasteiger partial charge >= 0.3 is 0 Å². The van der Waals surface area contributed by atoms with Gasteiger partial charge in [-0.05, 0) is 36.4 Å². The molecule has 0 fully saturated rings. The molecule has 0 amide bonds. The highest BCUT2D eigenvalue weighted by Gasteiger charge is 2.19. The first-order valence-corrected chi connectivity index (χ1v) is 6.32. The predicted molar refractivity (Wildman–Crippen MR) is 68.5 cm³/mol. The molecule has 0 saturated heterocycles. The van der Waals surface area contributed by atoms with Crippen LogP contribution in [0.1, 0.15) is 16.0 Å². The largest absolute Gasteiger partial charge is 0.207 e. The highest BCUT2D eigenvalue weighted by molar-refractivity contribution is 9.09. The molecule has 0 aliphatic heterocycles. The lowest BCUT2D eigenvalue weighted by molar-refractivity contribution is 0.581. The van der Waals surface area contributed by atoms with Crippen molar-refractivity contribution in [1.29, 1.82) is 0 Å². The first-order chi connectivity index (χ1) is 8.49. The quantitative estimate of drug-likeness (QED) is 0.658. The Morgan fingerprint density at radius 3 is 2.11 bits per heavy atom. The van der Waals surface area contributed by atoms with Gasteiger partial charge in [0.1, 0.15) is 17.5 Å². The van der Waals surface area contributed by atoms with Crippen LogP contribution < -0.4 is 0 Å². The third-order valence-corrected chi connectivity index (χ3v) is 3.68. The monoisotopic (exact) mass is 334 g/mol. The second kappa shape index (κ2) is 5.33. The zero-order valence-electron chi connectivity index (χ0n) is 8.93. The summed E-state index contributed by atoms with van der Waals surface area (Å²) in [5.74, 6) is -1.74. The highest BCUT2D eigenvalue weighted by atomic mass is 79.9. The predicted octanol–water partition coefficient (Wildman–Crippen LogP) is 5.24. The molecule has 1 unspecified atom stereocenters. The molecule has 0 N–H and O–H groups in total. The highest BCUT2D eigenvalue weighted by Crippen LogP contribution is 2.35. The standard InChI is InChI=1S/C13H7BrClF3/c14-13(9-5-7(15)1-3-11(9)17)10-6-8(16)2-4-12(10)18/h1-6,13H. The van der Waals surface area contributed by atoms with E-state index < -0.39 is 22.3 Å². The summed E-state index contributed by atoms with van der Waals surface area (Å²) in [6, 6.07) is 6.98. The van der Waals surface area contributed by atoms with E-state index in [1.165, 1.54) is 18.2 Å². The van der Waals surface area contributed by atoms with Gasteiger partial charge in [0, 0.05) is 16.1 Å². The average Bonchev–Trinajstić information content (AvgIpc) is 2.34. The van der Waals surface area contributed by atoms with Crippen molar-refractivity contribution in [3.05, 3.63) is 70.0 Å². The lowest BCUT2D eigenvalue weighted by atomic mass is 10.0. The molecule has 0 spiro atoms. The number of hydrogen-bond donors (Lipinski definition) is 0. The van der Waals surface area contributed by atoms with Crippen molar-refractivity contribution in [3.8, 4) is 0 Å². The fraction of sp³-hybridized carbons (Fsp3) is 0.0769. The van der Waals surface area contributed by atoms with Crippen LogP contribution >= 0.6 is 27.5 Å². The number of hydrogen-bond acceptors (Lipinski definition) is 0. The summed E-state index contributed by atoms with van der Waals surface area (Å²) in [4.78, 5) is -0.799. The zero-order valence-corrected chi connectivity index (χ0v) is 11.3. The third-order valence-electron chi connectivity index (χ3n) is 2.46. The van der Waals surface area contributed by atoms with Crippen molar-refractivity contribution in [2.45, 2.75) is 4.83 Å². The van der Waals surface area contributed by atoms with Gasteiger partial charge in [-0.25, -0.2) is 13.2 Å². The Kier molecular flexibility index (Phi) is 3.97. The molecule has 0 aromatic heterocycles. The van der Waals surface area contributed by atoms with Crippen LogP contribution in [0.5, 0.6) is 0 Å². The van der Waals surface area contributed by atoms with Crippen LogP contribution in [0.15, 0.2) is 36.4 Å². The van der Waals surface area contributed by atoms with Crippen molar-refractivity contribution in [3.63, 3.8) is 0 Å². The Morgan fingerprint density at radius 1 is 0.889 bits per heavy atom. The zero-order chi connectivity index (χ0) is 13.3. The summed E-state index contributed by atoms with van der Waals surface area (Å²) < 4.78 is 40.3. The van der Waals surface area contributed by atoms with Crippen LogP contribution in [0.4, 0.5) is 13.2 Å². The first kappa shape index (κ1) is 13.4. The summed E-state index contributed by atoms with van der Waals surface area (Å²) in [5.41, 5.74) is 0.183. The van der Waals surface area contributed by atoms with Gasteiger partial charge < -0.3 is 0 Å². The lowest BCUT2D eigenvalue weighted by Gasteiger charge is -2.13. The van der Waals surface area contributed by atoms with E-state index in [1.54, 1.807) is 0 Å². The summed E-state index contributed by atoms with van der Waals surface area (Å²) in [5, 5.41) is 0.327. The van der Waals surface area contributed by atoms with Gasteiger partial charge in [-0.15, -0.1) is 0 Å². The van der Waals surface area contributed by atoms with Gasteiger partial charge in [0.05, 0.1) is 4.83 Å². The molecule has 0 heterocycles. The molecule has 1 atom stereocenters. The maximum absolute atomic E-state index is 13.6. The maximum atomic E-state index is 13.6. The molecule has 0 bridgehead atoms. The average molecular weight is 336 g/mol. The minimum Gasteiger partial charge on any atom is -0.207 e. The summed E-state index contributed by atoms with van der Waals surface area (Å²) in [6.45, 7) is 0. The summed E-state index contributed by atoms with van der Waals surface area (Å²) in [6.07, 6.45) is 0. The van der Waals surface area contributed by atoms with Gasteiger partial charge in [0.25, 0.3) is 0 Å². The van der Waals surface area contributed by atoms with E-state index in [0.717, 1.165) is 18.2 Å². The van der Waals surface area contributed by atoms with E-state index in [1.807, 2.05) is 0 Å². The smallest absolute Gasteiger partial charge is 0.128 e. The van der Waals surface area contributed by atoms with Crippen molar-refractivity contribution >= 4 is 27.5 Å². The number of halogens is 5. The Balaban J connectivity index is 2.50. The molecular weight excluding hydrogens is 328 g/mol. The van der Waals surface area contributed by atoms with Gasteiger partial charge in [0.15, 0.2) is 0 Å². The summed E-state index contributed by atoms with van der Waals surface area (Å²) in [7, 11) is 0. The van der Waals surface area contributed by atoms with Gasteiger partial charge in [-0.3, -0.25) is 0 Å². The number of rotatable bonds is 2. The van der Waals surface area contributed by atoms with Crippen molar-refractivity contribution in [1.82, 2.24) is 0 Å².